The molecule has 116 valence electrons. The molecule has 0 spiro atoms. The zero-order chi connectivity index (χ0) is 14.5. The highest BCUT2D eigenvalue weighted by Gasteiger charge is 2.21. The summed E-state index contributed by atoms with van der Waals surface area (Å²) < 4.78 is 0. The molecule has 3 nitrogen and oxygen atoms in total. The lowest BCUT2D eigenvalue weighted by Gasteiger charge is -2.35. The lowest BCUT2D eigenvalue weighted by molar-refractivity contribution is 0.203. The quantitative estimate of drug-likeness (QED) is 0.895. The van der Waals surface area contributed by atoms with Gasteiger partial charge in [-0.3, -0.25) is 0 Å². The predicted octanol–water partition coefficient (Wildman–Crippen LogP) is 3.20. The Labute approximate surface area is 132 Å². The van der Waals surface area contributed by atoms with Gasteiger partial charge in [-0.1, -0.05) is 12.1 Å². The number of nitrogens with zero attached hydrogens (tertiary/aromatic N) is 1. The molecule has 0 amide bonds. The number of rotatable bonds is 4. The SMILES string of the molecule is OCC1CCN(c2ccccc2NC2CCCSC2)CC1. The van der Waals surface area contributed by atoms with Crippen molar-refractivity contribution in [1.82, 2.24) is 0 Å². The van der Waals surface area contributed by atoms with Gasteiger partial charge >= 0.3 is 0 Å². The lowest BCUT2D eigenvalue weighted by atomic mass is 9.97. The van der Waals surface area contributed by atoms with Crippen LogP contribution in [-0.2, 0) is 0 Å². The average molecular weight is 306 g/mol. The van der Waals surface area contributed by atoms with Gasteiger partial charge in [0.2, 0.25) is 0 Å². The summed E-state index contributed by atoms with van der Waals surface area (Å²) >= 11 is 2.06. The largest absolute Gasteiger partial charge is 0.396 e. The molecule has 0 saturated carbocycles. The highest BCUT2D eigenvalue weighted by Crippen LogP contribution is 2.31. The third-order valence-electron chi connectivity index (χ3n) is 4.64. The molecule has 4 heteroatoms. The van der Waals surface area contributed by atoms with Gasteiger partial charge in [0.1, 0.15) is 0 Å². The number of hydrogen-bond donors (Lipinski definition) is 2. The van der Waals surface area contributed by atoms with Crippen LogP contribution in [0.2, 0.25) is 0 Å². The maximum atomic E-state index is 9.29. The van der Waals surface area contributed by atoms with Gasteiger partial charge in [-0.2, -0.15) is 11.8 Å². The molecule has 3 rings (SSSR count). The van der Waals surface area contributed by atoms with Crippen LogP contribution in [0.15, 0.2) is 24.3 Å². The van der Waals surface area contributed by atoms with Crippen molar-refractivity contribution in [3.05, 3.63) is 24.3 Å². The van der Waals surface area contributed by atoms with E-state index in [9.17, 15) is 5.11 Å². The van der Waals surface area contributed by atoms with E-state index in [0.717, 1.165) is 25.9 Å². The molecule has 0 aromatic heterocycles. The van der Waals surface area contributed by atoms with Crippen LogP contribution in [0.5, 0.6) is 0 Å². The number of aliphatic hydroxyl groups excluding tert-OH is 1. The summed E-state index contributed by atoms with van der Waals surface area (Å²) in [4.78, 5) is 2.48. The van der Waals surface area contributed by atoms with Gasteiger partial charge in [-0.05, 0) is 49.5 Å². The molecule has 2 N–H and O–H groups in total. The zero-order valence-corrected chi connectivity index (χ0v) is 13.4. The minimum atomic E-state index is 0.340. The van der Waals surface area contributed by atoms with E-state index in [1.165, 1.54) is 35.7 Å². The zero-order valence-electron chi connectivity index (χ0n) is 12.6. The Hall–Kier alpha value is -0.870. The Morgan fingerprint density at radius 2 is 2.00 bits per heavy atom. The molecular formula is C17H26N2OS. The maximum absolute atomic E-state index is 9.29. The third kappa shape index (κ3) is 3.86. The minimum absolute atomic E-state index is 0.340. The van der Waals surface area contributed by atoms with Crippen LogP contribution in [0.25, 0.3) is 0 Å². The second-order valence-corrected chi connectivity index (χ2v) is 7.34. The first-order valence-corrected chi connectivity index (χ1v) is 9.31. The van der Waals surface area contributed by atoms with E-state index in [2.05, 4.69) is 46.2 Å². The van der Waals surface area contributed by atoms with Crippen LogP contribution in [0, 0.1) is 5.92 Å². The van der Waals surface area contributed by atoms with Crippen LogP contribution >= 0.6 is 11.8 Å². The van der Waals surface area contributed by atoms with Crippen molar-refractivity contribution in [3.63, 3.8) is 0 Å². The fourth-order valence-electron chi connectivity index (χ4n) is 3.30. The van der Waals surface area contributed by atoms with Gasteiger partial charge in [0.25, 0.3) is 0 Å². The summed E-state index contributed by atoms with van der Waals surface area (Å²) in [6.07, 6.45) is 4.81. The van der Waals surface area contributed by atoms with E-state index in [1.807, 2.05) is 0 Å². The molecular weight excluding hydrogens is 280 g/mol. The van der Waals surface area contributed by atoms with Crippen molar-refractivity contribution >= 4 is 23.1 Å². The summed E-state index contributed by atoms with van der Waals surface area (Å²) in [5, 5.41) is 13.0. The molecule has 1 unspecified atom stereocenters. The molecule has 0 aliphatic carbocycles. The fourth-order valence-corrected chi connectivity index (χ4v) is 4.37. The molecule has 2 saturated heterocycles. The van der Waals surface area contributed by atoms with Crippen molar-refractivity contribution in [1.29, 1.82) is 0 Å². The van der Waals surface area contributed by atoms with Crippen LogP contribution < -0.4 is 10.2 Å². The number of benzene rings is 1. The number of anilines is 2. The summed E-state index contributed by atoms with van der Waals surface area (Å²) in [7, 11) is 0. The molecule has 1 aromatic carbocycles. The number of nitrogens with one attached hydrogen (secondary N) is 1. The number of thioether (sulfide) groups is 1. The second-order valence-electron chi connectivity index (χ2n) is 6.19. The normalized spacial score (nSPS) is 24.0. The van der Waals surface area contributed by atoms with Gasteiger partial charge in [0.05, 0.1) is 11.4 Å². The predicted molar refractivity (Wildman–Crippen MR) is 92.4 cm³/mol. The first-order valence-electron chi connectivity index (χ1n) is 8.16. The first-order chi connectivity index (χ1) is 10.4. The number of hydrogen-bond acceptors (Lipinski definition) is 4. The Morgan fingerprint density at radius 1 is 1.19 bits per heavy atom. The Kier molecular flexibility index (Phi) is 5.31. The summed E-state index contributed by atoms with van der Waals surface area (Å²) in [5.41, 5.74) is 2.62. The lowest BCUT2D eigenvalue weighted by Crippen LogP contribution is -2.35. The van der Waals surface area contributed by atoms with Crippen molar-refractivity contribution in [3.8, 4) is 0 Å². The van der Waals surface area contributed by atoms with Gasteiger partial charge < -0.3 is 15.3 Å². The molecule has 2 aliphatic heterocycles. The molecule has 21 heavy (non-hydrogen) atoms. The van der Waals surface area contributed by atoms with Crippen molar-refractivity contribution in [2.45, 2.75) is 31.7 Å². The highest BCUT2D eigenvalue weighted by atomic mass is 32.2. The first kappa shape index (κ1) is 15.0. The van der Waals surface area contributed by atoms with E-state index < -0.39 is 0 Å². The van der Waals surface area contributed by atoms with Crippen LogP contribution in [0.1, 0.15) is 25.7 Å². The van der Waals surface area contributed by atoms with Crippen LogP contribution in [0.3, 0.4) is 0 Å². The van der Waals surface area contributed by atoms with Gasteiger partial charge in [0.15, 0.2) is 0 Å². The van der Waals surface area contributed by atoms with E-state index in [0.29, 0.717) is 18.6 Å². The number of piperidine rings is 1. The van der Waals surface area contributed by atoms with E-state index in [-0.39, 0.29) is 0 Å². The fraction of sp³-hybridized carbons (Fsp3) is 0.647. The molecule has 2 heterocycles. The topological polar surface area (TPSA) is 35.5 Å². The monoisotopic (exact) mass is 306 g/mol. The summed E-state index contributed by atoms with van der Waals surface area (Å²) in [6.45, 7) is 2.46. The molecule has 0 bridgehead atoms. The van der Waals surface area contributed by atoms with E-state index in [4.69, 9.17) is 0 Å². The summed E-state index contributed by atoms with van der Waals surface area (Å²) in [5.74, 6) is 3.03. The third-order valence-corrected chi connectivity index (χ3v) is 5.85. The molecule has 1 aromatic rings. The van der Waals surface area contributed by atoms with Crippen LogP contribution in [0.4, 0.5) is 11.4 Å². The second kappa shape index (κ2) is 7.41. The molecule has 1 atom stereocenters. The van der Waals surface area contributed by atoms with Gasteiger partial charge in [-0.15, -0.1) is 0 Å². The summed E-state index contributed by atoms with van der Waals surface area (Å²) in [6, 6.07) is 9.32. The van der Waals surface area contributed by atoms with Crippen molar-refractivity contribution in [2.24, 2.45) is 5.92 Å². The van der Waals surface area contributed by atoms with Crippen LogP contribution in [-0.4, -0.2) is 42.4 Å². The Balaban J connectivity index is 1.67. The Morgan fingerprint density at radius 3 is 2.71 bits per heavy atom. The standard InChI is InChI=1S/C17H26N2OS/c20-12-14-7-9-19(10-8-14)17-6-2-1-5-16(17)18-15-4-3-11-21-13-15/h1-2,5-6,14-15,18,20H,3-4,7-13H2. The molecule has 2 fully saturated rings. The number of aliphatic hydroxyl groups is 1. The molecule has 0 radical (unpaired) electrons. The van der Waals surface area contributed by atoms with E-state index in [1.54, 1.807) is 0 Å². The Bertz CT molecular complexity index is 440. The highest BCUT2D eigenvalue weighted by molar-refractivity contribution is 7.99. The molecule has 2 aliphatic rings. The maximum Gasteiger partial charge on any atom is 0.0602 e. The van der Waals surface area contributed by atoms with E-state index >= 15 is 0 Å². The van der Waals surface area contributed by atoms with Crippen molar-refractivity contribution in [2.75, 3.05) is 41.4 Å². The minimum Gasteiger partial charge on any atom is -0.396 e. The van der Waals surface area contributed by atoms with Crippen molar-refractivity contribution < 1.29 is 5.11 Å². The number of para-hydroxylation sites is 2. The van der Waals surface area contributed by atoms with Gasteiger partial charge in [0, 0.05) is 31.5 Å². The van der Waals surface area contributed by atoms with Gasteiger partial charge in [-0.25, -0.2) is 0 Å². The smallest absolute Gasteiger partial charge is 0.0602 e. The average Bonchev–Trinajstić information content (AvgIpc) is 2.56.